The minimum atomic E-state index is 0.431. The van der Waals surface area contributed by atoms with Gasteiger partial charge in [0.2, 0.25) is 0 Å². The van der Waals surface area contributed by atoms with E-state index in [2.05, 4.69) is 49.9 Å². The van der Waals surface area contributed by atoms with Crippen LogP contribution >= 0.6 is 11.8 Å². The summed E-state index contributed by atoms with van der Waals surface area (Å²) in [6.07, 6.45) is 1.65. The van der Waals surface area contributed by atoms with E-state index in [1.165, 1.54) is 5.56 Å². The molecule has 0 aromatic carbocycles. The molecule has 96 valence electrons. The largest absolute Gasteiger partial charge is 0.373 e. The van der Waals surface area contributed by atoms with Gasteiger partial charge in [0, 0.05) is 17.9 Å². The summed E-state index contributed by atoms with van der Waals surface area (Å²) >= 11 is 1.85. The van der Waals surface area contributed by atoms with E-state index in [-0.39, 0.29) is 0 Å². The summed E-state index contributed by atoms with van der Waals surface area (Å²) in [6, 6.07) is 0. The van der Waals surface area contributed by atoms with E-state index in [1.807, 2.05) is 18.8 Å². The van der Waals surface area contributed by atoms with Crippen molar-refractivity contribution in [3.8, 4) is 0 Å². The SMILES string of the molecule is CNc1ncnc(SC(C)C(C)C)c1C(C)C. The van der Waals surface area contributed by atoms with Crippen molar-refractivity contribution in [3.05, 3.63) is 11.9 Å². The van der Waals surface area contributed by atoms with E-state index in [0.717, 1.165) is 10.8 Å². The Labute approximate surface area is 109 Å². The topological polar surface area (TPSA) is 37.8 Å². The molecule has 1 aromatic heterocycles. The van der Waals surface area contributed by atoms with Gasteiger partial charge in [0.15, 0.2) is 0 Å². The Morgan fingerprint density at radius 3 is 2.24 bits per heavy atom. The zero-order chi connectivity index (χ0) is 13.0. The zero-order valence-electron chi connectivity index (χ0n) is 11.6. The number of aromatic nitrogens is 2. The molecule has 1 atom stereocenters. The summed E-state index contributed by atoms with van der Waals surface area (Å²) < 4.78 is 0. The molecular formula is C13H23N3S. The van der Waals surface area contributed by atoms with Gasteiger partial charge >= 0.3 is 0 Å². The standard InChI is InChI=1S/C13H23N3S/c1-8(2)10(5)17-13-11(9(3)4)12(14-6)15-7-16-13/h7-10H,1-6H3,(H,14,15,16). The van der Waals surface area contributed by atoms with Crippen LogP contribution in [-0.4, -0.2) is 22.3 Å². The van der Waals surface area contributed by atoms with Gasteiger partial charge in [-0.15, -0.1) is 11.8 Å². The van der Waals surface area contributed by atoms with Gasteiger partial charge in [-0.2, -0.15) is 0 Å². The Morgan fingerprint density at radius 1 is 1.12 bits per heavy atom. The van der Waals surface area contributed by atoms with Crippen LogP contribution in [0.2, 0.25) is 0 Å². The molecule has 1 aromatic rings. The predicted octanol–water partition coefficient (Wildman–Crippen LogP) is 3.78. The molecule has 17 heavy (non-hydrogen) atoms. The van der Waals surface area contributed by atoms with Crippen molar-refractivity contribution in [2.24, 2.45) is 5.92 Å². The maximum absolute atomic E-state index is 4.44. The second kappa shape index (κ2) is 6.24. The first-order valence-corrected chi connectivity index (χ1v) is 7.04. The summed E-state index contributed by atoms with van der Waals surface area (Å²) in [4.78, 5) is 8.74. The van der Waals surface area contributed by atoms with Gasteiger partial charge in [-0.3, -0.25) is 0 Å². The van der Waals surface area contributed by atoms with Crippen LogP contribution in [0.3, 0.4) is 0 Å². The first-order valence-electron chi connectivity index (χ1n) is 6.16. The highest BCUT2D eigenvalue weighted by molar-refractivity contribution is 7.99. The van der Waals surface area contributed by atoms with Gasteiger partial charge < -0.3 is 5.32 Å². The summed E-state index contributed by atoms with van der Waals surface area (Å²) in [6.45, 7) is 11.1. The Hall–Kier alpha value is -0.770. The molecule has 4 heteroatoms. The van der Waals surface area contributed by atoms with Crippen molar-refractivity contribution in [1.29, 1.82) is 0 Å². The average molecular weight is 253 g/mol. The molecule has 0 fully saturated rings. The summed E-state index contributed by atoms with van der Waals surface area (Å²) in [7, 11) is 1.91. The molecule has 0 saturated heterocycles. The highest BCUT2D eigenvalue weighted by atomic mass is 32.2. The Morgan fingerprint density at radius 2 is 1.76 bits per heavy atom. The maximum Gasteiger partial charge on any atom is 0.133 e. The third-order valence-electron chi connectivity index (χ3n) is 2.90. The minimum Gasteiger partial charge on any atom is -0.373 e. The molecule has 0 amide bonds. The molecule has 1 unspecified atom stereocenters. The van der Waals surface area contributed by atoms with E-state index in [0.29, 0.717) is 17.1 Å². The van der Waals surface area contributed by atoms with Crippen LogP contribution in [0.4, 0.5) is 5.82 Å². The number of nitrogens with zero attached hydrogens (tertiary/aromatic N) is 2. The van der Waals surface area contributed by atoms with E-state index < -0.39 is 0 Å². The van der Waals surface area contributed by atoms with Crippen molar-refractivity contribution in [2.75, 3.05) is 12.4 Å². The van der Waals surface area contributed by atoms with Crippen LogP contribution in [0.25, 0.3) is 0 Å². The summed E-state index contributed by atoms with van der Waals surface area (Å²) in [5.41, 5.74) is 1.23. The van der Waals surface area contributed by atoms with Gasteiger partial charge in [-0.1, -0.05) is 34.6 Å². The van der Waals surface area contributed by atoms with E-state index in [9.17, 15) is 0 Å². The fourth-order valence-electron chi connectivity index (χ4n) is 1.51. The van der Waals surface area contributed by atoms with Gasteiger partial charge in [0.1, 0.15) is 17.2 Å². The molecule has 1 heterocycles. The number of hydrogen-bond acceptors (Lipinski definition) is 4. The molecule has 0 aliphatic heterocycles. The van der Waals surface area contributed by atoms with Crippen LogP contribution in [0.1, 0.15) is 46.1 Å². The molecule has 1 rings (SSSR count). The predicted molar refractivity (Wildman–Crippen MR) is 75.8 cm³/mol. The molecular weight excluding hydrogens is 230 g/mol. The van der Waals surface area contributed by atoms with Crippen LogP contribution < -0.4 is 5.32 Å². The van der Waals surface area contributed by atoms with Crippen LogP contribution in [0.5, 0.6) is 0 Å². The second-order valence-electron chi connectivity index (χ2n) is 4.91. The fraction of sp³-hybridized carbons (Fsp3) is 0.692. The van der Waals surface area contributed by atoms with Crippen molar-refractivity contribution in [2.45, 2.75) is 50.8 Å². The number of rotatable bonds is 5. The highest BCUT2D eigenvalue weighted by Gasteiger charge is 2.18. The monoisotopic (exact) mass is 253 g/mol. The molecule has 0 bridgehead atoms. The Bertz CT molecular complexity index is 364. The first kappa shape index (κ1) is 14.3. The van der Waals surface area contributed by atoms with E-state index in [4.69, 9.17) is 0 Å². The molecule has 0 aliphatic rings. The van der Waals surface area contributed by atoms with Gasteiger partial charge in [-0.05, 0) is 11.8 Å². The van der Waals surface area contributed by atoms with Crippen molar-refractivity contribution >= 4 is 17.6 Å². The molecule has 0 saturated carbocycles. The zero-order valence-corrected chi connectivity index (χ0v) is 12.4. The molecule has 3 nitrogen and oxygen atoms in total. The normalized spacial score (nSPS) is 13.2. The molecule has 0 spiro atoms. The maximum atomic E-state index is 4.44. The van der Waals surface area contributed by atoms with Crippen molar-refractivity contribution < 1.29 is 0 Å². The van der Waals surface area contributed by atoms with Crippen LogP contribution in [0, 0.1) is 5.92 Å². The quantitative estimate of drug-likeness (QED) is 0.640. The number of hydrogen-bond donors (Lipinski definition) is 1. The third-order valence-corrected chi connectivity index (χ3v) is 4.36. The Kier molecular flexibility index (Phi) is 5.25. The van der Waals surface area contributed by atoms with E-state index >= 15 is 0 Å². The summed E-state index contributed by atoms with van der Waals surface area (Å²) in [5, 5.41) is 4.83. The van der Waals surface area contributed by atoms with Crippen molar-refractivity contribution in [1.82, 2.24) is 9.97 Å². The highest BCUT2D eigenvalue weighted by Crippen LogP contribution is 2.34. The lowest BCUT2D eigenvalue weighted by Gasteiger charge is -2.19. The number of anilines is 1. The molecule has 0 aliphatic carbocycles. The first-order chi connectivity index (χ1) is 7.97. The number of thioether (sulfide) groups is 1. The Balaban J connectivity index is 3.06. The van der Waals surface area contributed by atoms with Crippen LogP contribution in [-0.2, 0) is 0 Å². The van der Waals surface area contributed by atoms with E-state index in [1.54, 1.807) is 6.33 Å². The van der Waals surface area contributed by atoms with Crippen LogP contribution in [0.15, 0.2) is 11.4 Å². The van der Waals surface area contributed by atoms with Gasteiger partial charge in [0.05, 0.1) is 0 Å². The second-order valence-corrected chi connectivity index (χ2v) is 6.28. The third kappa shape index (κ3) is 3.60. The lowest BCUT2D eigenvalue weighted by atomic mass is 10.1. The smallest absolute Gasteiger partial charge is 0.133 e. The fourth-order valence-corrected chi connectivity index (χ4v) is 2.70. The summed E-state index contributed by atoms with van der Waals surface area (Å²) in [5.74, 6) is 2.03. The number of nitrogens with one attached hydrogen (secondary N) is 1. The minimum absolute atomic E-state index is 0.431. The molecule has 1 N–H and O–H groups in total. The van der Waals surface area contributed by atoms with Gasteiger partial charge in [-0.25, -0.2) is 9.97 Å². The van der Waals surface area contributed by atoms with Crippen molar-refractivity contribution in [3.63, 3.8) is 0 Å². The average Bonchev–Trinajstić information content (AvgIpc) is 2.27. The van der Waals surface area contributed by atoms with Gasteiger partial charge in [0.25, 0.3) is 0 Å². The molecule has 0 radical (unpaired) electrons. The lowest BCUT2D eigenvalue weighted by molar-refractivity contribution is 0.640. The lowest BCUT2D eigenvalue weighted by Crippen LogP contribution is -2.09.